The summed E-state index contributed by atoms with van der Waals surface area (Å²) in [7, 11) is -1.37. The van der Waals surface area contributed by atoms with E-state index in [2.05, 4.69) is 14.8 Å². The summed E-state index contributed by atoms with van der Waals surface area (Å²) < 4.78 is 15.1. The van der Waals surface area contributed by atoms with E-state index in [1.807, 2.05) is 40.6 Å². The van der Waals surface area contributed by atoms with Crippen LogP contribution in [0.2, 0.25) is 5.02 Å². The van der Waals surface area contributed by atoms with Crippen molar-refractivity contribution in [3.63, 3.8) is 0 Å². The quantitative estimate of drug-likeness (QED) is 0.651. The van der Waals surface area contributed by atoms with Crippen LogP contribution in [0.3, 0.4) is 0 Å². The first-order valence-electron chi connectivity index (χ1n) is 9.83. The van der Waals surface area contributed by atoms with Crippen LogP contribution < -0.4 is 4.90 Å². The third-order valence-corrected chi connectivity index (χ3v) is 7.41. The number of aromatic nitrogens is 2. The van der Waals surface area contributed by atoms with E-state index in [9.17, 15) is 4.21 Å². The van der Waals surface area contributed by atoms with E-state index in [4.69, 9.17) is 11.6 Å². The molecule has 0 radical (unpaired) electrons. The molecule has 5 nitrogen and oxygen atoms in total. The molecule has 7 heteroatoms. The average molecular weight is 415 g/mol. The molecule has 1 aromatic carbocycles. The lowest BCUT2D eigenvalue weighted by Crippen LogP contribution is -2.54. The van der Waals surface area contributed by atoms with Gasteiger partial charge in [-0.25, -0.2) is 4.21 Å². The fourth-order valence-corrected chi connectivity index (χ4v) is 5.87. The minimum Gasteiger partial charge on any atom is -0.366 e. The predicted octanol–water partition coefficient (Wildman–Crippen LogP) is 3.94. The molecule has 3 aromatic rings. The van der Waals surface area contributed by atoms with Crippen LogP contribution in [0.15, 0.2) is 53.7 Å². The largest absolute Gasteiger partial charge is 0.366 e. The molecule has 5 rings (SSSR count). The van der Waals surface area contributed by atoms with Crippen molar-refractivity contribution in [2.75, 3.05) is 31.1 Å². The maximum Gasteiger partial charge on any atom is 0.157 e. The number of nitrogens with zero attached hydrogens (tertiary/aromatic N) is 4. The molecule has 0 bridgehead atoms. The molecule has 2 aromatic heterocycles. The Morgan fingerprint density at radius 2 is 2.04 bits per heavy atom. The van der Waals surface area contributed by atoms with Crippen LogP contribution in [0.25, 0.3) is 11.0 Å². The monoisotopic (exact) mass is 414 g/mol. The van der Waals surface area contributed by atoms with Gasteiger partial charge in [-0.2, -0.15) is 0 Å². The second kappa shape index (κ2) is 7.50. The second-order valence-corrected chi connectivity index (χ2v) is 9.35. The van der Waals surface area contributed by atoms with Crippen LogP contribution >= 0.6 is 11.6 Å². The Hall–Kier alpha value is -1.89. The molecule has 0 aliphatic carbocycles. The Labute approximate surface area is 172 Å². The summed E-state index contributed by atoms with van der Waals surface area (Å²) >= 11 is 6.12. The maximum absolute atomic E-state index is 13.3. The standard InChI is InChI=1S/C21H23ClN4OS/c22-16-5-3-7-18(13-16)28(27)26-15-20(21-19(26)8-4-9-23-21)25-12-11-24-10-2-1-6-17(24)14-25/h3-5,7-9,13,15,17H,1-2,6,10-12,14H2. The first-order valence-corrected chi connectivity index (χ1v) is 11.3. The van der Waals surface area contributed by atoms with E-state index in [-0.39, 0.29) is 0 Å². The van der Waals surface area contributed by atoms with E-state index >= 15 is 0 Å². The molecule has 0 saturated carbocycles. The van der Waals surface area contributed by atoms with Gasteiger partial charge in [0.15, 0.2) is 11.0 Å². The number of hydrogen-bond acceptors (Lipinski definition) is 4. The predicted molar refractivity (Wildman–Crippen MR) is 114 cm³/mol. The van der Waals surface area contributed by atoms with Crippen molar-refractivity contribution in [1.29, 1.82) is 0 Å². The highest BCUT2D eigenvalue weighted by Crippen LogP contribution is 2.32. The molecular weight excluding hydrogens is 392 g/mol. The van der Waals surface area contributed by atoms with Crippen molar-refractivity contribution in [3.05, 3.63) is 53.8 Å². The summed E-state index contributed by atoms with van der Waals surface area (Å²) in [5.74, 6) is 0. The highest BCUT2D eigenvalue weighted by Gasteiger charge is 2.30. The Kier molecular flexibility index (Phi) is 4.87. The first kappa shape index (κ1) is 18.2. The Morgan fingerprint density at radius 1 is 1.11 bits per heavy atom. The van der Waals surface area contributed by atoms with Crippen LogP contribution in [0.1, 0.15) is 19.3 Å². The van der Waals surface area contributed by atoms with Gasteiger partial charge in [0.1, 0.15) is 5.52 Å². The van der Waals surface area contributed by atoms with Crippen molar-refractivity contribution in [2.24, 2.45) is 0 Å². The van der Waals surface area contributed by atoms with Gasteiger partial charge in [-0.1, -0.05) is 24.1 Å². The molecule has 2 atom stereocenters. The summed E-state index contributed by atoms with van der Waals surface area (Å²) in [6, 6.07) is 11.8. The second-order valence-electron chi connectivity index (χ2n) is 7.55. The molecule has 2 aliphatic heterocycles. The Balaban J connectivity index is 1.53. The van der Waals surface area contributed by atoms with Gasteiger partial charge in [0.25, 0.3) is 0 Å². The van der Waals surface area contributed by atoms with Crippen molar-refractivity contribution >= 4 is 39.3 Å². The lowest BCUT2D eigenvalue weighted by molar-refractivity contribution is 0.133. The van der Waals surface area contributed by atoms with Gasteiger partial charge in [0.05, 0.1) is 16.1 Å². The summed E-state index contributed by atoms with van der Waals surface area (Å²) in [5.41, 5.74) is 2.89. The number of rotatable bonds is 3. The van der Waals surface area contributed by atoms with Gasteiger partial charge >= 0.3 is 0 Å². The van der Waals surface area contributed by atoms with Gasteiger partial charge in [0, 0.05) is 43.1 Å². The zero-order valence-electron chi connectivity index (χ0n) is 15.6. The topological polar surface area (TPSA) is 41.4 Å². The van der Waals surface area contributed by atoms with E-state index < -0.39 is 11.0 Å². The van der Waals surface area contributed by atoms with E-state index in [0.29, 0.717) is 16.0 Å². The minimum atomic E-state index is -1.37. The summed E-state index contributed by atoms with van der Waals surface area (Å²) in [6.45, 7) is 4.30. The third-order valence-electron chi connectivity index (χ3n) is 5.86. The molecule has 146 valence electrons. The fourth-order valence-electron chi connectivity index (χ4n) is 4.45. The van der Waals surface area contributed by atoms with Gasteiger partial charge in [0.2, 0.25) is 0 Å². The molecule has 0 amide bonds. The number of fused-ring (bicyclic) bond motifs is 2. The zero-order chi connectivity index (χ0) is 19.1. The van der Waals surface area contributed by atoms with Crippen molar-refractivity contribution < 1.29 is 4.21 Å². The molecule has 2 fully saturated rings. The number of anilines is 1. The van der Waals surface area contributed by atoms with Crippen LogP contribution in [-0.4, -0.2) is 50.3 Å². The van der Waals surface area contributed by atoms with Crippen LogP contribution in [0.5, 0.6) is 0 Å². The smallest absolute Gasteiger partial charge is 0.157 e. The SMILES string of the molecule is O=S(c1cccc(Cl)c1)n1cc(N2CCN3CCCCC3C2)c2ncccc21. The molecule has 2 saturated heterocycles. The van der Waals surface area contributed by atoms with Crippen LogP contribution in [0, 0.1) is 0 Å². The molecule has 0 spiro atoms. The molecule has 2 aliphatic rings. The van der Waals surface area contributed by atoms with E-state index in [1.54, 1.807) is 12.1 Å². The van der Waals surface area contributed by atoms with Gasteiger partial charge in [-0.3, -0.25) is 13.9 Å². The van der Waals surface area contributed by atoms with Gasteiger partial charge in [-0.05, 0) is 49.7 Å². The number of benzene rings is 1. The Morgan fingerprint density at radius 3 is 2.93 bits per heavy atom. The minimum absolute atomic E-state index is 0.592. The molecule has 2 unspecified atom stereocenters. The number of piperidine rings is 1. The Bertz CT molecular complexity index is 1040. The average Bonchev–Trinajstić information content (AvgIpc) is 3.12. The molecule has 0 N–H and O–H groups in total. The van der Waals surface area contributed by atoms with Gasteiger partial charge < -0.3 is 4.90 Å². The zero-order valence-corrected chi connectivity index (χ0v) is 17.2. The van der Waals surface area contributed by atoms with Crippen molar-refractivity contribution in [1.82, 2.24) is 13.9 Å². The van der Waals surface area contributed by atoms with Crippen LogP contribution in [0.4, 0.5) is 5.69 Å². The summed E-state index contributed by atoms with van der Waals surface area (Å²) in [4.78, 5) is 10.4. The van der Waals surface area contributed by atoms with Crippen molar-refractivity contribution in [2.45, 2.75) is 30.2 Å². The number of pyridine rings is 1. The van der Waals surface area contributed by atoms with Crippen molar-refractivity contribution in [3.8, 4) is 0 Å². The highest BCUT2D eigenvalue weighted by molar-refractivity contribution is 7.83. The molecular formula is C21H23ClN4OS. The summed E-state index contributed by atoms with van der Waals surface area (Å²) in [6.07, 6.45) is 7.71. The van der Waals surface area contributed by atoms with Gasteiger partial charge in [-0.15, -0.1) is 0 Å². The number of hydrogen-bond donors (Lipinski definition) is 0. The number of piperazine rings is 1. The molecule has 4 heterocycles. The normalized spacial score (nSPS) is 21.6. The number of halogens is 1. The van der Waals surface area contributed by atoms with Crippen LogP contribution in [-0.2, 0) is 11.0 Å². The lowest BCUT2D eigenvalue weighted by atomic mass is 9.99. The highest BCUT2D eigenvalue weighted by atomic mass is 35.5. The lowest BCUT2D eigenvalue weighted by Gasteiger charge is -2.44. The summed E-state index contributed by atoms with van der Waals surface area (Å²) in [5, 5.41) is 0.592. The fraction of sp³-hybridized carbons (Fsp3) is 0.381. The van der Waals surface area contributed by atoms with E-state index in [1.165, 1.54) is 25.8 Å². The first-order chi connectivity index (χ1) is 13.7. The maximum atomic E-state index is 13.3. The molecule has 28 heavy (non-hydrogen) atoms. The van der Waals surface area contributed by atoms with E-state index in [0.717, 1.165) is 36.4 Å². The third kappa shape index (κ3) is 3.23.